The summed E-state index contributed by atoms with van der Waals surface area (Å²) in [7, 11) is 0. The minimum atomic E-state index is -0.972. The monoisotopic (exact) mass is 409 g/mol. The van der Waals surface area contributed by atoms with Gasteiger partial charge in [-0.1, -0.05) is 23.7 Å². The van der Waals surface area contributed by atoms with Crippen LogP contribution in [0.1, 0.15) is 17.2 Å². The van der Waals surface area contributed by atoms with Crippen molar-refractivity contribution in [3.8, 4) is 0 Å². The van der Waals surface area contributed by atoms with Crippen LogP contribution in [0, 0.1) is 5.82 Å². The number of carbonyl (C=O) groups excluding carboxylic acids is 2. The molecule has 1 unspecified atom stereocenters. The summed E-state index contributed by atoms with van der Waals surface area (Å²) in [4.78, 5) is 35.0. The molecule has 8 heteroatoms. The van der Waals surface area contributed by atoms with Crippen molar-refractivity contribution in [1.29, 1.82) is 0 Å². The lowest BCUT2D eigenvalue weighted by Gasteiger charge is -2.23. The van der Waals surface area contributed by atoms with Gasteiger partial charge >= 0.3 is 5.91 Å². The second-order valence-corrected chi connectivity index (χ2v) is 6.71. The summed E-state index contributed by atoms with van der Waals surface area (Å²) in [6.45, 7) is 0. The maximum Gasteiger partial charge on any atom is 0.302 e. The molecule has 0 saturated carbocycles. The van der Waals surface area contributed by atoms with Crippen LogP contribution in [0.4, 0.5) is 10.3 Å². The Morgan fingerprint density at radius 2 is 1.62 bits per heavy atom. The van der Waals surface area contributed by atoms with Crippen LogP contribution in [0.15, 0.2) is 72.6 Å². The van der Waals surface area contributed by atoms with Gasteiger partial charge in [0.25, 0.3) is 5.78 Å². The lowest BCUT2D eigenvalue weighted by molar-refractivity contribution is -0.132. The van der Waals surface area contributed by atoms with E-state index in [4.69, 9.17) is 11.6 Å². The third kappa shape index (κ3) is 3.36. The zero-order valence-electron chi connectivity index (χ0n) is 14.8. The van der Waals surface area contributed by atoms with E-state index in [1.165, 1.54) is 24.5 Å². The molecule has 0 aliphatic carbocycles. The highest BCUT2D eigenvalue weighted by Gasteiger charge is 2.48. The molecule has 1 aliphatic rings. The van der Waals surface area contributed by atoms with Gasteiger partial charge in [-0.05, 0) is 48.0 Å². The Morgan fingerprint density at radius 1 is 1.00 bits per heavy atom. The van der Waals surface area contributed by atoms with Crippen LogP contribution in [0.2, 0.25) is 5.02 Å². The molecule has 0 radical (unpaired) electrons. The van der Waals surface area contributed by atoms with Crippen molar-refractivity contribution in [3.63, 3.8) is 0 Å². The predicted octanol–water partition coefficient (Wildman–Crippen LogP) is 3.90. The maximum absolute atomic E-state index is 13.3. The zero-order chi connectivity index (χ0) is 20.5. The standard InChI is InChI=1S/C21H13ClFN3O3/c22-14-6-2-12(3-7-14)17-16(18(27)13-4-8-15(23)9-5-13)19(28)20(29)26(17)21-24-10-1-11-25-21/h1-11,17,27H. The van der Waals surface area contributed by atoms with Gasteiger partial charge in [-0.3, -0.25) is 14.5 Å². The molecular weight excluding hydrogens is 397 g/mol. The number of hydrogen-bond donors (Lipinski definition) is 1. The number of Topliss-reactive ketones (excluding diaryl/α,β-unsaturated/α-hetero) is 1. The van der Waals surface area contributed by atoms with Gasteiger partial charge in [0.2, 0.25) is 5.95 Å². The molecule has 1 aromatic heterocycles. The average Bonchev–Trinajstić information content (AvgIpc) is 3.00. The number of aliphatic hydroxyl groups excluding tert-OH is 1. The highest BCUT2D eigenvalue weighted by Crippen LogP contribution is 2.41. The van der Waals surface area contributed by atoms with E-state index in [1.54, 1.807) is 30.3 Å². The van der Waals surface area contributed by atoms with Crippen LogP contribution in [0.3, 0.4) is 0 Å². The van der Waals surface area contributed by atoms with Crippen LogP contribution in [0.5, 0.6) is 0 Å². The number of aliphatic hydroxyl groups is 1. The van der Waals surface area contributed by atoms with E-state index in [0.29, 0.717) is 10.6 Å². The molecule has 1 saturated heterocycles. The van der Waals surface area contributed by atoms with Crippen molar-refractivity contribution in [2.24, 2.45) is 0 Å². The Hall–Kier alpha value is -3.58. The highest BCUT2D eigenvalue weighted by molar-refractivity contribution is 6.51. The summed E-state index contributed by atoms with van der Waals surface area (Å²) < 4.78 is 13.3. The summed E-state index contributed by atoms with van der Waals surface area (Å²) in [5.41, 5.74) is 0.596. The molecule has 1 fully saturated rings. The number of benzene rings is 2. The highest BCUT2D eigenvalue weighted by atomic mass is 35.5. The first kappa shape index (κ1) is 18.8. The molecule has 6 nitrogen and oxygen atoms in total. The van der Waals surface area contributed by atoms with Gasteiger partial charge in [-0.25, -0.2) is 14.4 Å². The largest absolute Gasteiger partial charge is 0.507 e. The van der Waals surface area contributed by atoms with Gasteiger partial charge in [0.05, 0.1) is 11.6 Å². The number of aromatic nitrogens is 2. The van der Waals surface area contributed by atoms with E-state index < -0.39 is 29.3 Å². The number of carbonyl (C=O) groups is 2. The smallest absolute Gasteiger partial charge is 0.302 e. The minimum Gasteiger partial charge on any atom is -0.507 e. The molecule has 1 amide bonds. The van der Waals surface area contributed by atoms with Crippen molar-refractivity contribution in [2.75, 3.05) is 4.90 Å². The van der Waals surface area contributed by atoms with E-state index in [1.807, 2.05) is 0 Å². The van der Waals surface area contributed by atoms with E-state index in [9.17, 15) is 19.1 Å². The molecule has 4 rings (SSSR count). The molecule has 1 N–H and O–H groups in total. The first-order valence-electron chi connectivity index (χ1n) is 8.57. The number of halogens is 2. The topological polar surface area (TPSA) is 83.4 Å². The van der Waals surface area contributed by atoms with E-state index >= 15 is 0 Å². The quantitative estimate of drug-likeness (QED) is 0.403. The SMILES string of the molecule is O=C1C(=O)N(c2ncccn2)C(c2ccc(Cl)cc2)C1=C(O)c1ccc(F)cc1. The van der Waals surface area contributed by atoms with Crippen molar-refractivity contribution in [2.45, 2.75) is 6.04 Å². The van der Waals surface area contributed by atoms with Gasteiger partial charge in [0.1, 0.15) is 11.6 Å². The predicted molar refractivity (Wildman–Crippen MR) is 105 cm³/mol. The average molecular weight is 410 g/mol. The number of ketones is 1. The lowest BCUT2D eigenvalue weighted by Crippen LogP contribution is -2.31. The van der Waals surface area contributed by atoms with Crippen LogP contribution in [-0.4, -0.2) is 26.8 Å². The molecule has 0 spiro atoms. The number of rotatable bonds is 3. The van der Waals surface area contributed by atoms with E-state index in [2.05, 4.69) is 9.97 Å². The van der Waals surface area contributed by atoms with Crippen LogP contribution >= 0.6 is 11.6 Å². The summed E-state index contributed by atoms with van der Waals surface area (Å²) >= 11 is 5.97. The Balaban J connectivity index is 1.94. The second-order valence-electron chi connectivity index (χ2n) is 6.28. The third-order valence-corrected chi connectivity index (χ3v) is 4.77. The van der Waals surface area contributed by atoms with Gasteiger partial charge in [0.15, 0.2) is 0 Å². The van der Waals surface area contributed by atoms with Crippen molar-refractivity contribution in [1.82, 2.24) is 9.97 Å². The summed E-state index contributed by atoms with van der Waals surface area (Å²) in [6, 6.07) is 12.1. The Bertz CT molecular complexity index is 1120. The molecule has 1 aliphatic heterocycles. The van der Waals surface area contributed by atoms with Crippen LogP contribution in [0.25, 0.3) is 5.76 Å². The lowest BCUT2D eigenvalue weighted by atomic mass is 9.95. The van der Waals surface area contributed by atoms with Crippen LogP contribution in [-0.2, 0) is 9.59 Å². The van der Waals surface area contributed by atoms with Crippen molar-refractivity contribution >= 4 is 35.0 Å². The third-order valence-electron chi connectivity index (χ3n) is 4.52. The van der Waals surface area contributed by atoms with E-state index in [0.717, 1.165) is 17.0 Å². The van der Waals surface area contributed by atoms with Gasteiger partial charge < -0.3 is 5.11 Å². The van der Waals surface area contributed by atoms with E-state index in [-0.39, 0.29) is 17.1 Å². The molecule has 0 bridgehead atoms. The van der Waals surface area contributed by atoms with Crippen LogP contribution < -0.4 is 4.90 Å². The fourth-order valence-corrected chi connectivity index (χ4v) is 3.30. The number of nitrogens with zero attached hydrogens (tertiary/aromatic N) is 3. The maximum atomic E-state index is 13.3. The normalized spacial score (nSPS) is 18.3. The Kier molecular flexibility index (Phi) is 4.82. The van der Waals surface area contributed by atoms with Gasteiger partial charge in [0, 0.05) is 23.0 Å². The summed E-state index contributed by atoms with van der Waals surface area (Å²) in [5, 5.41) is 11.3. The second kappa shape index (κ2) is 7.44. The molecule has 1 atom stereocenters. The number of anilines is 1. The fraction of sp³-hybridized carbons (Fsp3) is 0.0476. The number of hydrogen-bond acceptors (Lipinski definition) is 5. The molecule has 3 aromatic rings. The molecule has 2 heterocycles. The first-order chi connectivity index (χ1) is 14.0. The minimum absolute atomic E-state index is 0.0210. The molecular formula is C21H13ClFN3O3. The Labute approximate surface area is 169 Å². The molecule has 29 heavy (non-hydrogen) atoms. The summed E-state index contributed by atoms with van der Waals surface area (Å²) in [5.74, 6) is -2.65. The van der Waals surface area contributed by atoms with Crippen molar-refractivity contribution in [3.05, 3.63) is 94.5 Å². The summed E-state index contributed by atoms with van der Waals surface area (Å²) in [6.07, 6.45) is 2.89. The molecule has 2 aromatic carbocycles. The van der Waals surface area contributed by atoms with Gasteiger partial charge in [-0.2, -0.15) is 0 Å². The Morgan fingerprint density at radius 3 is 2.24 bits per heavy atom. The molecule has 144 valence electrons. The fourth-order valence-electron chi connectivity index (χ4n) is 3.18. The van der Waals surface area contributed by atoms with Crippen molar-refractivity contribution < 1.29 is 19.1 Å². The van der Waals surface area contributed by atoms with Gasteiger partial charge in [-0.15, -0.1) is 0 Å². The number of amides is 1. The first-order valence-corrected chi connectivity index (χ1v) is 8.94. The zero-order valence-corrected chi connectivity index (χ0v) is 15.5.